The molecule has 0 radical (unpaired) electrons. The molecule has 0 unspecified atom stereocenters. The van der Waals surface area contributed by atoms with Gasteiger partial charge < -0.3 is 0 Å². The van der Waals surface area contributed by atoms with Gasteiger partial charge in [0.05, 0.1) is 0 Å². The molecular weight excluding hydrogens is 276 g/mol. The molecule has 0 heteroatoms. The first-order chi connectivity index (χ1) is 11.2. The Hall–Kier alpha value is -2.60. The lowest BCUT2D eigenvalue weighted by Gasteiger charge is -2.10. The highest BCUT2D eigenvalue weighted by atomic mass is 14.1. The molecule has 0 aliphatic heterocycles. The fraction of sp³-hybridized carbons (Fsp3) is 0.130. The molecule has 0 N–H and O–H groups in total. The van der Waals surface area contributed by atoms with E-state index in [2.05, 4.69) is 87.5 Å². The highest BCUT2D eigenvalue weighted by molar-refractivity contribution is 6.16. The zero-order valence-electron chi connectivity index (χ0n) is 13.9. The van der Waals surface area contributed by atoms with E-state index in [9.17, 15) is 0 Å². The summed E-state index contributed by atoms with van der Waals surface area (Å²) in [6.45, 7) is 6.62. The van der Waals surface area contributed by atoms with E-state index < -0.39 is 0 Å². The lowest BCUT2D eigenvalue weighted by atomic mass is 9.94. The Bertz CT molecular complexity index is 1090. The van der Waals surface area contributed by atoms with Crippen molar-refractivity contribution in [2.45, 2.75) is 20.8 Å². The maximum Gasteiger partial charge on any atom is -0.00301 e. The molecule has 4 aromatic carbocycles. The molecule has 0 aliphatic rings. The van der Waals surface area contributed by atoms with Gasteiger partial charge in [-0.3, -0.25) is 0 Å². The molecule has 0 amide bonds. The van der Waals surface area contributed by atoms with Gasteiger partial charge in [0.2, 0.25) is 0 Å². The van der Waals surface area contributed by atoms with E-state index in [1.807, 2.05) is 0 Å². The van der Waals surface area contributed by atoms with E-state index in [0.717, 1.165) is 0 Å². The third-order valence-electron chi connectivity index (χ3n) is 4.96. The third-order valence-corrected chi connectivity index (χ3v) is 4.96. The molecule has 0 aliphatic carbocycles. The van der Waals surface area contributed by atoms with Gasteiger partial charge >= 0.3 is 0 Å². The summed E-state index contributed by atoms with van der Waals surface area (Å²) in [4.78, 5) is 0. The van der Waals surface area contributed by atoms with Gasteiger partial charge in [0.1, 0.15) is 0 Å². The predicted molar refractivity (Wildman–Crippen MR) is 102 cm³/mol. The summed E-state index contributed by atoms with van der Waals surface area (Å²) >= 11 is 0. The molecule has 0 heterocycles. The molecule has 112 valence electrons. The van der Waals surface area contributed by atoms with Crippen LogP contribution in [-0.4, -0.2) is 0 Å². The van der Waals surface area contributed by atoms with Crippen LogP contribution in [0.3, 0.4) is 0 Å². The highest BCUT2D eigenvalue weighted by Crippen LogP contribution is 2.32. The standard InChI is InChI=1S/C23H20/c1-15-12-14-21-17(3)19(15)8-5-4-7-18-13-11-16(2)20-9-6-10-22(21)23(18)20/h4-14H,1-3H3. The van der Waals surface area contributed by atoms with Crippen molar-refractivity contribution in [2.75, 3.05) is 0 Å². The largest absolute Gasteiger partial charge is 0.0616 e. The number of aryl methyl sites for hydroxylation is 3. The Balaban J connectivity index is 2.42. The van der Waals surface area contributed by atoms with E-state index in [0.29, 0.717) is 0 Å². The number of rotatable bonds is 0. The summed E-state index contributed by atoms with van der Waals surface area (Å²) < 4.78 is 0. The number of hydrogen-bond acceptors (Lipinski definition) is 0. The summed E-state index contributed by atoms with van der Waals surface area (Å²) in [5.41, 5.74) is 4.02. The molecule has 0 saturated heterocycles. The van der Waals surface area contributed by atoms with Gasteiger partial charge in [0, 0.05) is 0 Å². The van der Waals surface area contributed by atoms with Gasteiger partial charge in [-0.25, -0.2) is 0 Å². The summed E-state index contributed by atoms with van der Waals surface area (Å²) in [7, 11) is 0. The molecule has 0 nitrogen and oxygen atoms in total. The second-order valence-corrected chi connectivity index (χ2v) is 6.39. The van der Waals surface area contributed by atoms with Crippen LogP contribution in [-0.2, 0) is 0 Å². The van der Waals surface area contributed by atoms with E-state index in [1.54, 1.807) is 0 Å². The zero-order valence-corrected chi connectivity index (χ0v) is 13.9. The van der Waals surface area contributed by atoms with Crippen molar-refractivity contribution < 1.29 is 0 Å². The van der Waals surface area contributed by atoms with Crippen molar-refractivity contribution in [2.24, 2.45) is 0 Å². The Morgan fingerprint density at radius 3 is 2.00 bits per heavy atom. The molecular formula is C23H20. The topological polar surface area (TPSA) is 0 Å². The fourth-order valence-corrected chi connectivity index (χ4v) is 3.67. The predicted octanol–water partition coefficient (Wildman–Crippen LogP) is 6.63. The molecule has 4 aromatic rings. The maximum absolute atomic E-state index is 2.27. The van der Waals surface area contributed by atoms with Crippen LogP contribution < -0.4 is 0 Å². The Labute approximate surface area is 137 Å². The average Bonchev–Trinajstić information content (AvgIpc) is 2.55. The zero-order chi connectivity index (χ0) is 16.0. The minimum Gasteiger partial charge on any atom is -0.0616 e. The van der Waals surface area contributed by atoms with Gasteiger partial charge in [-0.2, -0.15) is 0 Å². The van der Waals surface area contributed by atoms with Crippen molar-refractivity contribution in [3.63, 3.8) is 0 Å². The van der Waals surface area contributed by atoms with Crippen LogP contribution in [0.4, 0.5) is 0 Å². The highest BCUT2D eigenvalue weighted by Gasteiger charge is 2.06. The van der Waals surface area contributed by atoms with Gasteiger partial charge in [-0.15, -0.1) is 0 Å². The quantitative estimate of drug-likeness (QED) is 0.341. The van der Waals surface area contributed by atoms with Gasteiger partial charge in [0.15, 0.2) is 0 Å². The average molecular weight is 296 g/mol. The number of fused-ring (bicyclic) bond motifs is 3. The maximum atomic E-state index is 2.27. The minimum absolute atomic E-state index is 1.29. The Morgan fingerprint density at radius 1 is 0.478 bits per heavy atom. The lowest BCUT2D eigenvalue weighted by molar-refractivity contribution is 1.47. The van der Waals surface area contributed by atoms with Crippen LogP contribution in [0.25, 0.3) is 32.3 Å². The summed E-state index contributed by atoms with van der Waals surface area (Å²) in [6, 6.07) is 24.4. The van der Waals surface area contributed by atoms with Crippen molar-refractivity contribution in [1.29, 1.82) is 0 Å². The van der Waals surface area contributed by atoms with Gasteiger partial charge in [-0.05, 0) is 69.8 Å². The lowest BCUT2D eigenvalue weighted by Crippen LogP contribution is -1.85. The molecule has 0 spiro atoms. The smallest absolute Gasteiger partial charge is 0.00301 e. The van der Waals surface area contributed by atoms with E-state index in [-0.39, 0.29) is 0 Å². The van der Waals surface area contributed by atoms with Crippen molar-refractivity contribution in [1.82, 2.24) is 0 Å². The Kier molecular flexibility index (Phi) is 3.20. The first-order valence-electron chi connectivity index (χ1n) is 8.14. The second kappa shape index (κ2) is 5.24. The summed E-state index contributed by atoms with van der Waals surface area (Å²) in [6.07, 6.45) is 0. The van der Waals surface area contributed by atoms with E-state index in [1.165, 1.54) is 49.0 Å². The molecule has 4 rings (SSSR count). The summed E-state index contributed by atoms with van der Waals surface area (Å²) in [5.74, 6) is 0. The number of hydrogen-bond donors (Lipinski definition) is 0. The molecule has 23 heavy (non-hydrogen) atoms. The molecule has 0 atom stereocenters. The van der Waals surface area contributed by atoms with Gasteiger partial charge in [-0.1, -0.05) is 66.7 Å². The molecule has 0 saturated carbocycles. The monoisotopic (exact) mass is 296 g/mol. The fourth-order valence-electron chi connectivity index (χ4n) is 3.67. The molecule has 0 aromatic heterocycles. The van der Waals surface area contributed by atoms with Crippen molar-refractivity contribution in [3.05, 3.63) is 83.4 Å². The normalized spacial score (nSPS) is 11.3. The first-order valence-corrected chi connectivity index (χ1v) is 8.14. The SMILES string of the molecule is Cc1ccc2c(C)c1ccccc1ccc(C)c3cccc2c13. The summed E-state index contributed by atoms with van der Waals surface area (Å²) in [5, 5.41) is 7.99. The van der Waals surface area contributed by atoms with Crippen LogP contribution in [0.2, 0.25) is 0 Å². The van der Waals surface area contributed by atoms with Crippen molar-refractivity contribution in [3.8, 4) is 0 Å². The van der Waals surface area contributed by atoms with Crippen LogP contribution in [0.5, 0.6) is 0 Å². The Morgan fingerprint density at radius 2 is 1.13 bits per heavy atom. The first kappa shape index (κ1) is 14.0. The molecule has 2 bridgehead atoms. The van der Waals surface area contributed by atoms with E-state index in [4.69, 9.17) is 0 Å². The van der Waals surface area contributed by atoms with Crippen LogP contribution >= 0.6 is 0 Å². The van der Waals surface area contributed by atoms with Crippen LogP contribution in [0, 0.1) is 20.8 Å². The second-order valence-electron chi connectivity index (χ2n) is 6.39. The van der Waals surface area contributed by atoms with Crippen LogP contribution in [0.15, 0.2) is 66.7 Å². The third kappa shape index (κ3) is 2.14. The van der Waals surface area contributed by atoms with E-state index >= 15 is 0 Å². The number of benzene rings is 3. The minimum atomic E-state index is 1.29. The molecule has 0 fully saturated rings. The van der Waals surface area contributed by atoms with Crippen molar-refractivity contribution >= 4 is 32.3 Å². The van der Waals surface area contributed by atoms with Gasteiger partial charge in [0.25, 0.3) is 0 Å². The van der Waals surface area contributed by atoms with Crippen LogP contribution in [0.1, 0.15) is 16.7 Å².